The summed E-state index contributed by atoms with van der Waals surface area (Å²) in [6.45, 7) is 1.67. The van der Waals surface area contributed by atoms with Gasteiger partial charge in [0.15, 0.2) is 5.76 Å². The Kier molecular flexibility index (Phi) is 3.53. The Morgan fingerprint density at radius 2 is 2.33 bits per heavy atom. The van der Waals surface area contributed by atoms with E-state index < -0.39 is 6.09 Å². The Labute approximate surface area is 108 Å². The summed E-state index contributed by atoms with van der Waals surface area (Å²) < 4.78 is 5.16. The average molecular weight is 267 g/mol. The standard InChI is InChI=1S/C12H11ClN2O3/c1-7-10(14-12(16)17)11(18-15-7)9-4-2-3-8(5-9)6-13/h2-5,14H,6H2,1H3,(H,16,17). The zero-order valence-electron chi connectivity index (χ0n) is 9.61. The predicted octanol–water partition coefficient (Wildman–Crippen LogP) is 3.48. The molecule has 0 saturated carbocycles. The van der Waals surface area contributed by atoms with Crippen molar-refractivity contribution in [2.24, 2.45) is 0 Å². The van der Waals surface area contributed by atoms with Gasteiger partial charge in [0.1, 0.15) is 11.4 Å². The van der Waals surface area contributed by atoms with E-state index in [2.05, 4.69) is 10.5 Å². The minimum Gasteiger partial charge on any atom is -0.465 e. The number of carbonyl (C=O) groups is 1. The Balaban J connectivity index is 2.46. The van der Waals surface area contributed by atoms with Crippen molar-refractivity contribution in [3.8, 4) is 11.3 Å². The van der Waals surface area contributed by atoms with Crippen molar-refractivity contribution >= 4 is 23.4 Å². The quantitative estimate of drug-likeness (QED) is 0.834. The van der Waals surface area contributed by atoms with Crippen LogP contribution in [0.5, 0.6) is 0 Å². The van der Waals surface area contributed by atoms with Gasteiger partial charge in [-0.05, 0) is 18.6 Å². The number of carboxylic acid groups (broad SMARTS) is 1. The molecule has 0 bridgehead atoms. The molecule has 0 fully saturated rings. The van der Waals surface area contributed by atoms with Crippen LogP contribution in [0.15, 0.2) is 28.8 Å². The monoisotopic (exact) mass is 266 g/mol. The molecule has 0 aliphatic carbocycles. The third-order valence-electron chi connectivity index (χ3n) is 2.44. The first-order valence-electron chi connectivity index (χ1n) is 5.23. The van der Waals surface area contributed by atoms with Crippen LogP contribution in [0.25, 0.3) is 11.3 Å². The third-order valence-corrected chi connectivity index (χ3v) is 2.75. The number of hydrogen-bond donors (Lipinski definition) is 2. The van der Waals surface area contributed by atoms with Crippen LogP contribution in [-0.4, -0.2) is 16.4 Å². The molecule has 0 saturated heterocycles. The van der Waals surface area contributed by atoms with Gasteiger partial charge in [-0.2, -0.15) is 0 Å². The highest BCUT2D eigenvalue weighted by Crippen LogP contribution is 2.31. The van der Waals surface area contributed by atoms with Crippen molar-refractivity contribution in [3.05, 3.63) is 35.5 Å². The summed E-state index contributed by atoms with van der Waals surface area (Å²) in [6, 6.07) is 7.35. The van der Waals surface area contributed by atoms with E-state index in [9.17, 15) is 4.79 Å². The SMILES string of the molecule is Cc1noc(-c2cccc(CCl)c2)c1NC(=O)O. The van der Waals surface area contributed by atoms with Crippen molar-refractivity contribution in [2.45, 2.75) is 12.8 Å². The first-order valence-corrected chi connectivity index (χ1v) is 5.76. The molecule has 1 heterocycles. The van der Waals surface area contributed by atoms with Crippen molar-refractivity contribution in [2.75, 3.05) is 5.32 Å². The highest BCUT2D eigenvalue weighted by molar-refractivity contribution is 6.17. The van der Waals surface area contributed by atoms with Gasteiger partial charge in [0.25, 0.3) is 0 Å². The van der Waals surface area contributed by atoms with E-state index in [4.69, 9.17) is 21.2 Å². The second-order valence-corrected chi connectivity index (χ2v) is 4.00. The molecule has 1 aromatic heterocycles. The highest BCUT2D eigenvalue weighted by Gasteiger charge is 2.17. The Morgan fingerprint density at radius 3 is 3.00 bits per heavy atom. The van der Waals surface area contributed by atoms with Crippen LogP contribution >= 0.6 is 11.6 Å². The number of rotatable bonds is 3. The zero-order valence-corrected chi connectivity index (χ0v) is 10.4. The number of halogens is 1. The van der Waals surface area contributed by atoms with Gasteiger partial charge in [-0.25, -0.2) is 4.79 Å². The molecule has 0 unspecified atom stereocenters. The molecular formula is C12H11ClN2O3. The number of benzene rings is 1. The van der Waals surface area contributed by atoms with Crippen LogP contribution in [0.3, 0.4) is 0 Å². The number of alkyl halides is 1. The van der Waals surface area contributed by atoms with Crippen LogP contribution < -0.4 is 5.32 Å². The second kappa shape index (κ2) is 5.10. The van der Waals surface area contributed by atoms with Gasteiger partial charge in [0, 0.05) is 11.4 Å². The number of aromatic nitrogens is 1. The van der Waals surface area contributed by atoms with Gasteiger partial charge >= 0.3 is 6.09 Å². The van der Waals surface area contributed by atoms with Crippen molar-refractivity contribution < 1.29 is 14.4 Å². The molecule has 0 spiro atoms. The molecule has 0 aliphatic heterocycles. The summed E-state index contributed by atoms with van der Waals surface area (Å²) >= 11 is 5.76. The minimum atomic E-state index is -1.16. The third kappa shape index (κ3) is 2.46. The Morgan fingerprint density at radius 1 is 1.56 bits per heavy atom. The molecule has 0 atom stereocenters. The molecule has 2 rings (SSSR count). The van der Waals surface area contributed by atoms with Crippen molar-refractivity contribution in [1.29, 1.82) is 0 Å². The van der Waals surface area contributed by atoms with Crippen LogP contribution in [0, 0.1) is 6.92 Å². The fourth-order valence-electron chi connectivity index (χ4n) is 1.62. The van der Waals surface area contributed by atoms with E-state index >= 15 is 0 Å². The van der Waals surface area contributed by atoms with Crippen LogP contribution in [0.1, 0.15) is 11.3 Å². The molecule has 6 heteroatoms. The molecule has 0 aliphatic rings. The normalized spacial score (nSPS) is 10.3. The van der Waals surface area contributed by atoms with E-state index in [1.807, 2.05) is 24.3 Å². The molecule has 94 valence electrons. The van der Waals surface area contributed by atoms with Crippen molar-refractivity contribution in [1.82, 2.24) is 5.16 Å². The second-order valence-electron chi connectivity index (χ2n) is 3.74. The van der Waals surface area contributed by atoms with Gasteiger partial charge in [-0.15, -0.1) is 11.6 Å². The fraction of sp³-hybridized carbons (Fsp3) is 0.167. The molecular weight excluding hydrogens is 256 g/mol. The topological polar surface area (TPSA) is 75.4 Å². The molecule has 0 radical (unpaired) electrons. The number of nitrogens with one attached hydrogen (secondary N) is 1. The lowest BCUT2D eigenvalue weighted by Crippen LogP contribution is -2.08. The number of aryl methyl sites for hydroxylation is 1. The summed E-state index contributed by atoms with van der Waals surface area (Å²) in [4.78, 5) is 10.7. The largest absolute Gasteiger partial charge is 0.465 e. The first-order chi connectivity index (χ1) is 8.61. The van der Waals surface area contributed by atoms with E-state index in [0.717, 1.165) is 11.1 Å². The lowest BCUT2D eigenvalue weighted by molar-refractivity contribution is 0.209. The molecule has 5 nitrogen and oxygen atoms in total. The van der Waals surface area contributed by atoms with Crippen LogP contribution in [-0.2, 0) is 5.88 Å². The van der Waals surface area contributed by atoms with E-state index in [1.54, 1.807) is 6.92 Å². The van der Waals surface area contributed by atoms with Gasteiger partial charge in [0.05, 0.1) is 0 Å². The van der Waals surface area contributed by atoms with Gasteiger partial charge in [0.2, 0.25) is 0 Å². The molecule has 2 N–H and O–H groups in total. The number of nitrogens with zero attached hydrogens (tertiary/aromatic N) is 1. The molecule has 1 amide bonds. The maximum atomic E-state index is 10.7. The first kappa shape index (κ1) is 12.4. The maximum Gasteiger partial charge on any atom is 0.409 e. The molecule has 2 aromatic rings. The Bertz CT molecular complexity index is 580. The molecule has 1 aromatic carbocycles. The number of anilines is 1. The highest BCUT2D eigenvalue weighted by atomic mass is 35.5. The van der Waals surface area contributed by atoms with Gasteiger partial charge < -0.3 is 9.63 Å². The summed E-state index contributed by atoms with van der Waals surface area (Å²) in [5.74, 6) is 0.768. The van der Waals surface area contributed by atoms with E-state index in [-0.39, 0.29) is 0 Å². The number of hydrogen-bond acceptors (Lipinski definition) is 3. The lowest BCUT2D eigenvalue weighted by atomic mass is 10.1. The van der Waals surface area contributed by atoms with Crippen LogP contribution in [0.2, 0.25) is 0 Å². The smallest absolute Gasteiger partial charge is 0.409 e. The summed E-state index contributed by atoms with van der Waals surface area (Å²) in [7, 11) is 0. The van der Waals surface area contributed by atoms with Gasteiger partial charge in [-0.3, -0.25) is 5.32 Å². The zero-order chi connectivity index (χ0) is 13.1. The summed E-state index contributed by atoms with van der Waals surface area (Å²) in [6.07, 6.45) is -1.16. The van der Waals surface area contributed by atoms with E-state index in [0.29, 0.717) is 23.0 Å². The fourth-order valence-corrected chi connectivity index (χ4v) is 1.78. The van der Waals surface area contributed by atoms with E-state index in [1.165, 1.54) is 0 Å². The predicted molar refractivity (Wildman–Crippen MR) is 67.9 cm³/mol. The number of amides is 1. The average Bonchev–Trinajstić information content (AvgIpc) is 2.71. The lowest BCUT2D eigenvalue weighted by Gasteiger charge is -2.03. The summed E-state index contributed by atoms with van der Waals surface area (Å²) in [5, 5.41) is 14.8. The minimum absolute atomic E-state index is 0.356. The van der Waals surface area contributed by atoms with Crippen molar-refractivity contribution in [3.63, 3.8) is 0 Å². The Hall–Kier alpha value is -2.01. The molecule has 18 heavy (non-hydrogen) atoms. The van der Waals surface area contributed by atoms with Crippen LogP contribution in [0.4, 0.5) is 10.5 Å². The summed E-state index contributed by atoms with van der Waals surface area (Å²) in [5.41, 5.74) is 2.50. The van der Waals surface area contributed by atoms with Gasteiger partial charge in [-0.1, -0.05) is 23.4 Å². The maximum absolute atomic E-state index is 10.7.